The van der Waals surface area contributed by atoms with E-state index in [1.165, 1.54) is 20.8 Å². The van der Waals surface area contributed by atoms with E-state index in [-0.39, 0.29) is 30.8 Å². The molecular formula is C34H46O17. The van der Waals surface area contributed by atoms with Crippen LogP contribution in [-0.2, 0) is 47.6 Å². The Hall–Kier alpha value is -3.00. The van der Waals surface area contributed by atoms with Gasteiger partial charge in [-0.05, 0) is 56.6 Å². The van der Waals surface area contributed by atoms with Gasteiger partial charge in [0, 0.05) is 23.8 Å². The highest BCUT2D eigenvalue weighted by molar-refractivity contribution is 5.96. The molecule has 7 N–H and O–H groups in total. The van der Waals surface area contributed by atoms with Crippen molar-refractivity contribution >= 4 is 23.7 Å². The molecule has 0 aromatic heterocycles. The first kappa shape index (κ1) is 37.7. The molecule has 0 aromatic rings. The molecule has 2 bridgehead atoms. The lowest BCUT2D eigenvalue weighted by atomic mass is 9.38. The Balaban J connectivity index is 1.43. The van der Waals surface area contributed by atoms with Gasteiger partial charge < -0.3 is 64.2 Å². The lowest BCUT2D eigenvalue weighted by molar-refractivity contribution is -0.296. The predicted octanol–water partition coefficient (Wildman–Crippen LogP) is -2.47. The molecule has 6 rings (SSSR count). The molecular weight excluding hydrogens is 680 g/mol. The van der Waals surface area contributed by atoms with E-state index in [0.29, 0.717) is 5.57 Å². The first-order valence-electron chi connectivity index (χ1n) is 16.8. The monoisotopic (exact) mass is 726 g/mol. The highest BCUT2D eigenvalue weighted by atomic mass is 16.7. The molecule has 0 radical (unpaired) electrons. The van der Waals surface area contributed by atoms with E-state index in [1.807, 2.05) is 0 Å². The minimum absolute atomic E-state index is 0.00228. The molecule has 0 aromatic carbocycles. The largest absolute Gasteiger partial charge is 0.467 e. The Morgan fingerprint density at radius 2 is 1.71 bits per heavy atom. The van der Waals surface area contributed by atoms with E-state index in [9.17, 15) is 54.9 Å². The standard InChI is InChI=1S/C34H46O17/c1-12(31(3,4)45)7-18(37)50-24-26-33-11-47-34(26,30(44)46-6)27(42)22(41)25(33)32(5)9-15(36)23(13(2)14(32)8-17(33)49-28(24)43)51-29-21(40)20(39)19(38)16(10-35)48-29/h7,14,16-17,19-22,24-27,29,35,38-42,45H,8-11H2,1-6H3/t14-,16+,17+,19+,20-,21+,22+,24+,25+,26+,27-,29-,32-,33+,34-/m0/s1. The fourth-order valence-electron chi connectivity index (χ4n) is 9.80. The quantitative estimate of drug-likeness (QED) is 0.0814. The minimum Gasteiger partial charge on any atom is -0.467 e. The molecule has 17 heteroatoms. The van der Waals surface area contributed by atoms with Crippen molar-refractivity contribution in [2.24, 2.45) is 28.6 Å². The van der Waals surface area contributed by atoms with Gasteiger partial charge in [-0.3, -0.25) is 4.79 Å². The van der Waals surface area contributed by atoms with Crippen molar-refractivity contribution in [1.82, 2.24) is 0 Å². The maximum Gasteiger partial charge on any atom is 0.348 e. The summed E-state index contributed by atoms with van der Waals surface area (Å²) in [6.07, 6.45) is -14.3. The molecule has 3 heterocycles. The second-order valence-corrected chi connectivity index (χ2v) is 15.5. The van der Waals surface area contributed by atoms with Crippen LogP contribution in [0.1, 0.15) is 47.5 Å². The molecule has 0 unspecified atom stereocenters. The van der Waals surface area contributed by atoms with Crippen molar-refractivity contribution < 1.29 is 83.3 Å². The van der Waals surface area contributed by atoms with Gasteiger partial charge in [-0.15, -0.1) is 0 Å². The highest BCUT2D eigenvalue weighted by Crippen LogP contribution is 2.73. The Kier molecular flexibility index (Phi) is 9.29. The van der Waals surface area contributed by atoms with E-state index in [4.69, 9.17) is 28.4 Å². The third-order valence-corrected chi connectivity index (χ3v) is 12.4. The number of hydrogen-bond donors (Lipinski definition) is 7. The summed E-state index contributed by atoms with van der Waals surface area (Å²) in [5.74, 6) is -7.35. The lowest BCUT2D eigenvalue weighted by Crippen LogP contribution is -2.79. The van der Waals surface area contributed by atoms with Crippen molar-refractivity contribution in [1.29, 1.82) is 0 Å². The van der Waals surface area contributed by atoms with Crippen molar-refractivity contribution in [2.75, 3.05) is 20.3 Å². The molecule has 5 fully saturated rings. The van der Waals surface area contributed by atoms with Crippen molar-refractivity contribution in [3.05, 3.63) is 23.0 Å². The Bertz CT molecular complexity index is 1550. The number of allylic oxidation sites excluding steroid dienone is 2. The van der Waals surface area contributed by atoms with Crippen LogP contribution in [-0.4, -0.2) is 146 Å². The molecule has 284 valence electrons. The van der Waals surface area contributed by atoms with Crippen LogP contribution in [0.3, 0.4) is 0 Å². The number of aliphatic hydroxyl groups excluding tert-OH is 6. The van der Waals surface area contributed by atoms with E-state index in [1.54, 1.807) is 13.8 Å². The van der Waals surface area contributed by atoms with Gasteiger partial charge in [0.25, 0.3) is 0 Å². The van der Waals surface area contributed by atoms with E-state index in [2.05, 4.69) is 0 Å². The number of esters is 3. The zero-order valence-electron chi connectivity index (χ0n) is 29.0. The topological polar surface area (TPSA) is 265 Å². The first-order valence-corrected chi connectivity index (χ1v) is 16.8. The number of Topliss-reactive ketones (excluding diaryl/α,β-unsaturated/α-hetero) is 1. The number of rotatable bonds is 7. The molecule has 17 nitrogen and oxygen atoms in total. The number of ether oxygens (including phenoxy) is 6. The van der Waals surface area contributed by atoms with Crippen LogP contribution < -0.4 is 0 Å². The Morgan fingerprint density at radius 3 is 2.31 bits per heavy atom. The maximum absolute atomic E-state index is 14.0. The molecule has 51 heavy (non-hydrogen) atoms. The summed E-state index contributed by atoms with van der Waals surface area (Å²) in [5, 5.41) is 74.9. The average Bonchev–Trinajstić information content (AvgIpc) is 3.36. The Labute approximate surface area is 292 Å². The summed E-state index contributed by atoms with van der Waals surface area (Å²) in [6, 6.07) is 0. The molecule has 0 amide bonds. The third kappa shape index (κ3) is 5.22. The van der Waals surface area contributed by atoms with Gasteiger partial charge in [-0.2, -0.15) is 0 Å². The molecule has 3 saturated heterocycles. The highest BCUT2D eigenvalue weighted by Gasteiger charge is 2.85. The van der Waals surface area contributed by atoms with Crippen LogP contribution >= 0.6 is 0 Å². The summed E-state index contributed by atoms with van der Waals surface area (Å²) in [4.78, 5) is 54.7. The van der Waals surface area contributed by atoms with Crippen molar-refractivity contribution in [3.8, 4) is 0 Å². The SMILES string of the molecule is COC(=O)[C@@]12OC[C@]34[C@H]([C@@H](O)[C@@H]1O)[C@@]1(C)CC(=O)C(O[C@@H]5O[C@H](CO)[C@@H](O)[C@H](O)[C@H]5O)=C(C)[C@@H]1C[C@H]3OC(=O)[C@H](OC(=O)C=C(C)C(C)(C)O)[C@@H]24. The van der Waals surface area contributed by atoms with Crippen LogP contribution in [0, 0.1) is 28.6 Å². The summed E-state index contributed by atoms with van der Waals surface area (Å²) in [6.45, 7) is 6.55. The normalized spacial score (nSPS) is 46.5. The zero-order valence-corrected chi connectivity index (χ0v) is 29.0. The smallest absolute Gasteiger partial charge is 0.348 e. The van der Waals surface area contributed by atoms with Gasteiger partial charge in [0.05, 0.1) is 37.9 Å². The predicted molar refractivity (Wildman–Crippen MR) is 165 cm³/mol. The van der Waals surface area contributed by atoms with Gasteiger partial charge in [0.2, 0.25) is 18.0 Å². The summed E-state index contributed by atoms with van der Waals surface area (Å²) in [7, 11) is 1.04. The fourth-order valence-corrected chi connectivity index (χ4v) is 9.80. The second-order valence-electron chi connectivity index (χ2n) is 15.5. The third-order valence-electron chi connectivity index (χ3n) is 12.4. The van der Waals surface area contributed by atoms with Crippen LogP contribution in [0.15, 0.2) is 23.0 Å². The van der Waals surface area contributed by atoms with Crippen molar-refractivity contribution in [3.63, 3.8) is 0 Å². The molecule has 3 aliphatic heterocycles. The van der Waals surface area contributed by atoms with Gasteiger partial charge in [0.15, 0.2) is 11.5 Å². The number of methoxy groups -OCH3 is 1. The number of ketones is 1. The average molecular weight is 727 g/mol. The minimum atomic E-state index is -2.38. The van der Waals surface area contributed by atoms with Crippen LogP contribution in [0.5, 0.6) is 0 Å². The van der Waals surface area contributed by atoms with E-state index >= 15 is 0 Å². The van der Waals surface area contributed by atoms with Gasteiger partial charge >= 0.3 is 17.9 Å². The van der Waals surface area contributed by atoms with E-state index in [0.717, 1.165) is 13.2 Å². The number of fused-ring (bicyclic) bond motifs is 2. The number of aliphatic hydroxyl groups is 7. The van der Waals surface area contributed by atoms with Crippen molar-refractivity contribution in [2.45, 2.75) is 114 Å². The van der Waals surface area contributed by atoms with Crippen LogP contribution in [0.25, 0.3) is 0 Å². The van der Waals surface area contributed by atoms with Gasteiger partial charge in [-0.1, -0.05) is 6.92 Å². The lowest BCUT2D eigenvalue weighted by Gasteiger charge is -2.67. The maximum atomic E-state index is 14.0. The molecule has 6 aliphatic rings. The Morgan fingerprint density at radius 1 is 1.04 bits per heavy atom. The van der Waals surface area contributed by atoms with Crippen LogP contribution in [0.4, 0.5) is 0 Å². The molecule has 3 aliphatic carbocycles. The second kappa shape index (κ2) is 12.6. The zero-order chi connectivity index (χ0) is 37.7. The fraction of sp³-hybridized carbons (Fsp3) is 0.765. The van der Waals surface area contributed by atoms with Crippen LogP contribution in [0.2, 0.25) is 0 Å². The van der Waals surface area contributed by atoms with Gasteiger partial charge in [0.1, 0.15) is 36.6 Å². The molecule has 15 atom stereocenters. The van der Waals surface area contributed by atoms with Gasteiger partial charge in [-0.25, -0.2) is 14.4 Å². The molecule has 2 saturated carbocycles. The summed E-state index contributed by atoms with van der Waals surface area (Å²) < 4.78 is 34.2. The number of carbonyl (C=O) groups is 4. The molecule has 1 spiro atoms. The number of hydrogen-bond acceptors (Lipinski definition) is 17. The summed E-state index contributed by atoms with van der Waals surface area (Å²) >= 11 is 0. The number of carbonyl (C=O) groups excluding carboxylic acids is 4. The summed E-state index contributed by atoms with van der Waals surface area (Å²) in [5.41, 5.74) is -6.03. The first-order chi connectivity index (χ1) is 23.7. The van der Waals surface area contributed by atoms with E-state index < -0.39 is 125 Å².